The summed E-state index contributed by atoms with van der Waals surface area (Å²) in [6.07, 6.45) is 0. The minimum absolute atomic E-state index is 0. The predicted octanol–water partition coefficient (Wildman–Crippen LogP) is 0.531. The van der Waals surface area contributed by atoms with Gasteiger partial charge in [0, 0.05) is 20.5 Å². The van der Waals surface area contributed by atoms with Gasteiger partial charge in [-0.25, -0.2) is 9.37 Å². The summed E-state index contributed by atoms with van der Waals surface area (Å²) in [6.45, 7) is 4.64. The molecule has 0 unspecified atom stereocenters. The molecule has 0 spiro atoms. The van der Waals surface area contributed by atoms with Crippen LogP contribution in [0.4, 0.5) is 4.39 Å². The molecule has 0 radical (unpaired) electrons. The van der Waals surface area contributed by atoms with Crippen molar-refractivity contribution in [3.8, 4) is 5.75 Å². The second-order valence-electron chi connectivity index (χ2n) is 7.51. The third-order valence-corrected chi connectivity index (χ3v) is 4.55. The van der Waals surface area contributed by atoms with Crippen LogP contribution in [-0.4, -0.2) is 74.4 Å². The number of amides is 2. The summed E-state index contributed by atoms with van der Waals surface area (Å²) in [4.78, 5) is 41.7. The zero-order valence-corrected chi connectivity index (χ0v) is 20.7. The van der Waals surface area contributed by atoms with Crippen molar-refractivity contribution in [2.75, 3.05) is 0 Å². The molecule has 0 aliphatic rings. The molecule has 0 saturated carbocycles. The van der Waals surface area contributed by atoms with Crippen LogP contribution in [0, 0.1) is 12.7 Å². The first-order valence-electron chi connectivity index (χ1n) is 9.45. The van der Waals surface area contributed by atoms with E-state index in [1.165, 1.54) is 38.2 Å². The Balaban J connectivity index is 0.00000385. The van der Waals surface area contributed by atoms with Crippen LogP contribution in [0.15, 0.2) is 33.5 Å². The second-order valence-corrected chi connectivity index (χ2v) is 7.51. The number of nitrogens with zero attached hydrogens (tertiary/aromatic N) is 4. The first-order valence-corrected chi connectivity index (χ1v) is 9.45. The van der Waals surface area contributed by atoms with Crippen molar-refractivity contribution in [3.63, 3.8) is 0 Å². The van der Waals surface area contributed by atoms with Crippen molar-refractivity contribution in [2.24, 2.45) is 7.05 Å². The largest absolute Gasteiger partial charge is 2.00 e. The monoisotopic (exact) mass is 484 g/mol. The smallest absolute Gasteiger partial charge is 0.501 e. The number of hydrogen-bond acceptors (Lipinski definition) is 8. The normalized spacial score (nSPS) is 10.9. The molecular weight excluding hydrogens is 463 g/mol. The number of nitrogens with one attached hydrogen (secondary N) is 2. The van der Waals surface area contributed by atoms with Gasteiger partial charge in [0.25, 0.3) is 11.5 Å². The molecule has 0 aliphatic carbocycles. The molecule has 168 valence electrons. The van der Waals surface area contributed by atoms with Crippen molar-refractivity contribution in [1.29, 1.82) is 0 Å². The molecule has 0 fully saturated rings. The van der Waals surface area contributed by atoms with Gasteiger partial charge >= 0.3 is 49.5 Å². The number of rotatable bonds is 6. The fourth-order valence-electron chi connectivity index (χ4n) is 2.96. The molecule has 2 amide bonds. The molecule has 2 aromatic heterocycles. The van der Waals surface area contributed by atoms with Gasteiger partial charge in [-0.2, -0.15) is 0 Å². The van der Waals surface area contributed by atoms with E-state index in [1.807, 2.05) is 0 Å². The zero-order valence-electron chi connectivity index (χ0n) is 18.5. The van der Waals surface area contributed by atoms with Crippen LogP contribution in [0.5, 0.6) is 5.75 Å². The number of carbonyl (C=O) groups is 2. The Bertz CT molecular complexity index is 1240. The molecule has 3 aromatic rings. The van der Waals surface area contributed by atoms with E-state index in [9.17, 15) is 23.9 Å². The third-order valence-electron chi connectivity index (χ3n) is 4.55. The van der Waals surface area contributed by atoms with Gasteiger partial charge in [0.15, 0.2) is 5.69 Å². The van der Waals surface area contributed by atoms with Crippen LogP contribution in [0.3, 0.4) is 0 Å². The summed E-state index contributed by atoms with van der Waals surface area (Å²) in [5.41, 5.74) is -2.06. The maximum absolute atomic E-state index is 13.0. The Kier molecular flexibility index (Phi) is 8.33. The fourth-order valence-corrected chi connectivity index (χ4v) is 2.96. The van der Waals surface area contributed by atoms with E-state index in [-0.39, 0.29) is 61.9 Å². The number of aromatic nitrogens is 4. The van der Waals surface area contributed by atoms with Gasteiger partial charge in [-0.3, -0.25) is 19.0 Å². The molecule has 0 aliphatic heterocycles. The summed E-state index contributed by atoms with van der Waals surface area (Å²) in [5, 5.41) is 22.6. The van der Waals surface area contributed by atoms with E-state index >= 15 is 0 Å². The summed E-state index contributed by atoms with van der Waals surface area (Å²) >= 11 is 0. The third kappa shape index (κ3) is 5.95. The van der Waals surface area contributed by atoms with Gasteiger partial charge in [-0.15, -0.1) is 10.2 Å². The standard InChI is InChI=1S/C20H21FN6O5.Ca/c1-10-25-26-17(32-10)16(30)24-20(2,3)19-23-13(14(28)18(31)27(19)4)15(29)22-9-11-5-7-12(21)8-6-11;/h5-8,28H,9H2,1-4H3,(H,22,29)(H,24,30);/q;+2. The van der Waals surface area contributed by atoms with Crippen LogP contribution >= 0.6 is 0 Å². The van der Waals surface area contributed by atoms with E-state index < -0.39 is 40.2 Å². The van der Waals surface area contributed by atoms with Gasteiger partial charge in [0.2, 0.25) is 11.6 Å². The summed E-state index contributed by atoms with van der Waals surface area (Å²) in [6, 6.07) is 5.44. The SMILES string of the molecule is Cc1nnc(C(=O)NC(C)(C)c2nc(C(=O)NCc3ccc(F)cc3)c(O)c(=O)n2C)o1.[Ca+2]. The van der Waals surface area contributed by atoms with E-state index in [1.54, 1.807) is 13.8 Å². The Labute approximate surface area is 217 Å². The first kappa shape index (κ1) is 26.4. The van der Waals surface area contributed by atoms with Gasteiger partial charge in [0.1, 0.15) is 11.6 Å². The molecule has 33 heavy (non-hydrogen) atoms. The Hall–Kier alpha value is -2.83. The van der Waals surface area contributed by atoms with Crippen molar-refractivity contribution in [1.82, 2.24) is 30.4 Å². The van der Waals surface area contributed by atoms with Crippen molar-refractivity contribution < 1.29 is 23.5 Å². The average Bonchev–Trinajstić information content (AvgIpc) is 3.17. The molecule has 0 saturated heterocycles. The molecule has 3 rings (SSSR count). The predicted molar refractivity (Wildman–Crippen MR) is 114 cm³/mol. The molecule has 1 aromatic carbocycles. The number of halogens is 1. The number of hydrogen-bond donors (Lipinski definition) is 3. The molecule has 0 atom stereocenters. The number of aryl methyl sites for hydroxylation is 1. The van der Waals surface area contributed by atoms with Crippen LogP contribution in [-0.2, 0) is 19.1 Å². The quantitative estimate of drug-likeness (QED) is 0.429. The second kappa shape index (κ2) is 10.4. The molecule has 13 heteroatoms. The van der Waals surface area contributed by atoms with Crippen LogP contribution in [0.2, 0.25) is 0 Å². The number of aromatic hydroxyl groups is 1. The topological polar surface area (TPSA) is 152 Å². The summed E-state index contributed by atoms with van der Waals surface area (Å²) < 4.78 is 19.1. The minimum atomic E-state index is -1.27. The van der Waals surface area contributed by atoms with Crippen molar-refractivity contribution in [2.45, 2.75) is 32.9 Å². The van der Waals surface area contributed by atoms with Gasteiger partial charge < -0.3 is 20.2 Å². The minimum Gasteiger partial charge on any atom is -0.501 e. The van der Waals surface area contributed by atoms with Gasteiger partial charge in [-0.05, 0) is 31.5 Å². The first-order chi connectivity index (χ1) is 15.0. The molecule has 0 bridgehead atoms. The van der Waals surface area contributed by atoms with Gasteiger partial charge in [0.05, 0.1) is 5.54 Å². The molecule has 3 N–H and O–H groups in total. The van der Waals surface area contributed by atoms with E-state index in [4.69, 9.17) is 4.42 Å². The molecule has 2 heterocycles. The fraction of sp³-hybridized carbons (Fsp3) is 0.300. The van der Waals surface area contributed by atoms with Crippen LogP contribution in [0.1, 0.15) is 52.3 Å². The van der Waals surface area contributed by atoms with Crippen LogP contribution in [0.25, 0.3) is 0 Å². The Morgan fingerprint density at radius 1 is 1.18 bits per heavy atom. The van der Waals surface area contributed by atoms with E-state index in [0.29, 0.717) is 5.56 Å². The van der Waals surface area contributed by atoms with Crippen molar-refractivity contribution >= 4 is 49.6 Å². The van der Waals surface area contributed by atoms with E-state index in [0.717, 1.165) is 4.57 Å². The average molecular weight is 485 g/mol. The molecular formula is C20H21CaFN6O5+2. The molecule has 11 nitrogen and oxygen atoms in total. The van der Waals surface area contributed by atoms with Crippen molar-refractivity contribution in [3.05, 3.63) is 69.3 Å². The maximum Gasteiger partial charge on any atom is 2.00 e. The Morgan fingerprint density at radius 3 is 2.39 bits per heavy atom. The van der Waals surface area contributed by atoms with Gasteiger partial charge in [-0.1, -0.05) is 12.1 Å². The summed E-state index contributed by atoms with van der Waals surface area (Å²) in [5.74, 6) is -2.88. The maximum atomic E-state index is 13.0. The number of carbonyl (C=O) groups excluding carboxylic acids is 2. The summed E-state index contributed by atoms with van der Waals surface area (Å²) in [7, 11) is 1.34. The zero-order chi connectivity index (χ0) is 23.6. The van der Waals surface area contributed by atoms with E-state index in [2.05, 4.69) is 25.8 Å². The Morgan fingerprint density at radius 2 is 1.82 bits per heavy atom. The van der Waals surface area contributed by atoms with Crippen LogP contribution < -0.4 is 16.2 Å². The number of benzene rings is 1.